The van der Waals surface area contributed by atoms with E-state index in [1.54, 1.807) is 12.1 Å². The topological polar surface area (TPSA) is 53.1 Å². The third-order valence-electron chi connectivity index (χ3n) is 2.44. The molecule has 0 aliphatic carbocycles. The van der Waals surface area contributed by atoms with Gasteiger partial charge in [-0.2, -0.15) is 0 Å². The lowest BCUT2D eigenvalue weighted by Crippen LogP contribution is -2.08. The normalized spacial score (nSPS) is 10.7. The molecule has 0 amide bonds. The lowest BCUT2D eigenvalue weighted by Gasteiger charge is -2.10. The number of hydrogen-bond donors (Lipinski definition) is 2. The van der Waals surface area contributed by atoms with Crippen molar-refractivity contribution >= 4 is 34.8 Å². The maximum absolute atomic E-state index is 11.2. The molecule has 18 heavy (non-hydrogen) atoms. The van der Waals surface area contributed by atoms with Crippen LogP contribution < -0.4 is 5.56 Å². The predicted molar refractivity (Wildman–Crippen MR) is 73.5 cm³/mol. The van der Waals surface area contributed by atoms with E-state index in [1.165, 1.54) is 12.1 Å². The minimum atomic E-state index is -0.314. The highest BCUT2D eigenvalue weighted by Gasteiger charge is 2.13. The molecule has 1 aromatic heterocycles. The third kappa shape index (κ3) is 2.54. The van der Waals surface area contributed by atoms with E-state index in [0.29, 0.717) is 31.9 Å². The fourth-order valence-electron chi connectivity index (χ4n) is 1.65. The summed E-state index contributed by atoms with van der Waals surface area (Å²) in [6, 6.07) is 6.07. The van der Waals surface area contributed by atoms with E-state index < -0.39 is 0 Å². The van der Waals surface area contributed by atoms with Crippen LogP contribution in [0.1, 0.15) is 5.69 Å². The maximum atomic E-state index is 11.2. The van der Waals surface area contributed by atoms with Crippen LogP contribution in [0.3, 0.4) is 0 Å². The highest BCUT2D eigenvalue weighted by atomic mass is 35.5. The molecular formula is C12H8Cl3NO2. The Kier molecular flexibility index (Phi) is 3.97. The molecule has 0 spiro atoms. The summed E-state index contributed by atoms with van der Waals surface area (Å²) in [6.07, 6.45) is 0. The molecular weight excluding hydrogens is 296 g/mol. The number of aromatic nitrogens is 1. The average Bonchev–Trinajstić information content (AvgIpc) is 2.34. The molecule has 0 bridgehead atoms. The third-order valence-corrected chi connectivity index (χ3v) is 3.46. The van der Waals surface area contributed by atoms with Gasteiger partial charge in [0.1, 0.15) is 0 Å². The molecule has 0 unspecified atom stereocenters. The lowest BCUT2D eigenvalue weighted by molar-refractivity contribution is 0.277. The summed E-state index contributed by atoms with van der Waals surface area (Å²) in [7, 11) is 0. The SMILES string of the molecule is O=c1ccc(-c2cc(Cl)cc(Cl)c2Cl)c(CO)[nH]1. The van der Waals surface area contributed by atoms with Gasteiger partial charge in [0.05, 0.1) is 22.3 Å². The number of halogens is 3. The monoisotopic (exact) mass is 303 g/mol. The number of nitrogens with one attached hydrogen (secondary N) is 1. The Hall–Kier alpha value is -1.00. The van der Waals surface area contributed by atoms with Crippen molar-refractivity contribution in [1.82, 2.24) is 4.98 Å². The molecule has 1 aromatic carbocycles. The highest BCUT2D eigenvalue weighted by Crippen LogP contribution is 2.37. The van der Waals surface area contributed by atoms with Gasteiger partial charge < -0.3 is 10.1 Å². The summed E-state index contributed by atoms with van der Waals surface area (Å²) < 4.78 is 0. The van der Waals surface area contributed by atoms with Crippen molar-refractivity contribution in [2.24, 2.45) is 0 Å². The van der Waals surface area contributed by atoms with Crippen molar-refractivity contribution in [3.63, 3.8) is 0 Å². The van der Waals surface area contributed by atoms with Crippen LogP contribution in [0.5, 0.6) is 0 Å². The van der Waals surface area contributed by atoms with Crippen molar-refractivity contribution in [2.75, 3.05) is 0 Å². The quantitative estimate of drug-likeness (QED) is 0.834. The first-order valence-corrected chi connectivity index (χ1v) is 6.14. The van der Waals surface area contributed by atoms with Crippen LogP contribution in [0.25, 0.3) is 11.1 Å². The Morgan fingerprint density at radius 1 is 1.11 bits per heavy atom. The molecule has 1 heterocycles. The summed E-state index contributed by atoms with van der Waals surface area (Å²) in [4.78, 5) is 13.7. The number of aliphatic hydroxyl groups excluding tert-OH is 1. The van der Waals surface area contributed by atoms with Crippen LogP contribution in [0.2, 0.25) is 15.1 Å². The zero-order chi connectivity index (χ0) is 13.3. The van der Waals surface area contributed by atoms with Gasteiger partial charge in [-0.25, -0.2) is 0 Å². The molecule has 94 valence electrons. The number of rotatable bonds is 2. The molecule has 2 N–H and O–H groups in total. The second-order valence-electron chi connectivity index (χ2n) is 3.62. The maximum Gasteiger partial charge on any atom is 0.248 e. The first-order chi connectivity index (χ1) is 8.52. The zero-order valence-electron chi connectivity index (χ0n) is 9.01. The predicted octanol–water partition coefficient (Wildman–Crippen LogP) is 3.49. The molecule has 0 aliphatic rings. The van der Waals surface area contributed by atoms with E-state index in [0.717, 1.165) is 0 Å². The molecule has 0 radical (unpaired) electrons. The Bertz CT molecular complexity index is 652. The largest absolute Gasteiger partial charge is 0.390 e. The molecule has 3 nitrogen and oxygen atoms in total. The molecule has 2 rings (SSSR count). The summed E-state index contributed by atoms with van der Waals surface area (Å²) in [6.45, 7) is -0.314. The van der Waals surface area contributed by atoms with Gasteiger partial charge in [0.2, 0.25) is 5.56 Å². The first kappa shape index (κ1) is 13.4. The number of pyridine rings is 1. The van der Waals surface area contributed by atoms with Crippen LogP contribution in [0.4, 0.5) is 0 Å². The molecule has 0 fully saturated rings. The molecule has 0 aliphatic heterocycles. The van der Waals surface area contributed by atoms with E-state index in [2.05, 4.69) is 4.98 Å². The van der Waals surface area contributed by atoms with Gasteiger partial charge in [-0.3, -0.25) is 4.79 Å². The molecule has 0 atom stereocenters. The lowest BCUT2D eigenvalue weighted by atomic mass is 10.0. The highest BCUT2D eigenvalue weighted by molar-refractivity contribution is 6.45. The summed E-state index contributed by atoms with van der Waals surface area (Å²) >= 11 is 18.0. The van der Waals surface area contributed by atoms with Gasteiger partial charge in [-0.1, -0.05) is 34.8 Å². The average molecular weight is 305 g/mol. The van der Waals surface area contributed by atoms with Gasteiger partial charge in [0.25, 0.3) is 0 Å². The fraction of sp³-hybridized carbons (Fsp3) is 0.0833. The minimum absolute atomic E-state index is 0.299. The van der Waals surface area contributed by atoms with Crippen molar-refractivity contribution < 1.29 is 5.11 Å². The van der Waals surface area contributed by atoms with E-state index >= 15 is 0 Å². The van der Waals surface area contributed by atoms with Gasteiger partial charge in [-0.15, -0.1) is 0 Å². The smallest absolute Gasteiger partial charge is 0.248 e. The Labute approximate surface area is 118 Å². The molecule has 6 heteroatoms. The van der Waals surface area contributed by atoms with Crippen LogP contribution in [-0.4, -0.2) is 10.1 Å². The summed E-state index contributed by atoms with van der Waals surface area (Å²) in [5.41, 5.74) is 1.22. The first-order valence-electron chi connectivity index (χ1n) is 5.01. The molecule has 0 saturated carbocycles. The van der Waals surface area contributed by atoms with Gasteiger partial charge in [-0.05, 0) is 18.2 Å². The molecule has 2 aromatic rings. The second-order valence-corrected chi connectivity index (χ2v) is 4.84. The van der Waals surface area contributed by atoms with Crippen LogP contribution in [-0.2, 0) is 6.61 Å². The summed E-state index contributed by atoms with van der Waals surface area (Å²) in [5, 5.41) is 10.3. The van der Waals surface area contributed by atoms with Gasteiger partial charge in [0.15, 0.2) is 0 Å². The number of hydrogen-bond acceptors (Lipinski definition) is 2. The standard InChI is InChI=1S/C12H8Cl3NO2/c13-6-3-8(12(15)9(14)4-6)7-1-2-11(18)16-10(7)5-17/h1-4,17H,5H2,(H,16,18). The number of aliphatic hydroxyl groups is 1. The Morgan fingerprint density at radius 2 is 1.83 bits per heavy atom. The van der Waals surface area contributed by atoms with Crippen molar-refractivity contribution in [1.29, 1.82) is 0 Å². The summed E-state index contributed by atoms with van der Waals surface area (Å²) in [5.74, 6) is 0. The fourth-order valence-corrected chi connectivity index (χ4v) is 2.35. The van der Waals surface area contributed by atoms with Crippen LogP contribution in [0.15, 0.2) is 29.1 Å². The second kappa shape index (κ2) is 5.33. The van der Waals surface area contributed by atoms with E-state index in [4.69, 9.17) is 34.8 Å². The Morgan fingerprint density at radius 3 is 2.50 bits per heavy atom. The van der Waals surface area contributed by atoms with Crippen molar-refractivity contribution in [3.05, 3.63) is 55.4 Å². The van der Waals surface area contributed by atoms with Crippen molar-refractivity contribution in [3.8, 4) is 11.1 Å². The Balaban J connectivity index is 2.72. The van der Waals surface area contributed by atoms with Crippen molar-refractivity contribution in [2.45, 2.75) is 6.61 Å². The van der Waals surface area contributed by atoms with Gasteiger partial charge in [0, 0.05) is 22.2 Å². The van der Waals surface area contributed by atoms with E-state index in [9.17, 15) is 9.90 Å². The van der Waals surface area contributed by atoms with E-state index in [-0.39, 0.29) is 12.2 Å². The van der Waals surface area contributed by atoms with E-state index in [1.807, 2.05) is 0 Å². The minimum Gasteiger partial charge on any atom is -0.390 e. The number of benzene rings is 1. The number of H-pyrrole nitrogens is 1. The number of aromatic amines is 1. The van der Waals surface area contributed by atoms with Crippen LogP contribution in [0, 0.1) is 0 Å². The zero-order valence-corrected chi connectivity index (χ0v) is 11.3. The van der Waals surface area contributed by atoms with Gasteiger partial charge >= 0.3 is 0 Å². The molecule has 0 saturated heterocycles. The van der Waals surface area contributed by atoms with Crippen LogP contribution >= 0.6 is 34.8 Å².